The zero-order valence-corrected chi connectivity index (χ0v) is 14.3. The molecule has 0 aliphatic heterocycles. The Morgan fingerprint density at radius 1 is 1.07 bits per heavy atom. The van der Waals surface area contributed by atoms with Crippen LogP contribution in [0.2, 0.25) is 0 Å². The fourth-order valence-corrected chi connectivity index (χ4v) is 1.79. The number of non-ortho nitro benzene ring substituents is 2. The van der Waals surface area contributed by atoms with Gasteiger partial charge >= 0.3 is 5.97 Å². The number of aliphatic hydroxyl groups excluding tert-OH is 1. The number of carbonyl (C=O) groups is 1. The summed E-state index contributed by atoms with van der Waals surface area (Å²) in [5.41, 5.74) is -0.600. The zero-order valence-electron chi connectivity index (χ0n) is 14.3. The Hall–Kier alpha value is -3.37. The van der Waals surface area contributed by atoms with E-state index in [1.54, 1.807) is 0 Å². The average Bonchev–Trinajstić information content (AvgIpc) is 2.66. The van der Waals surface area contributed by atoms with Crippen molar-refractivity contribution < 1.29 is 29.6 Å². The third-order valence-corrected chi connectivity index (χ3v) is 3.21. The molecule has 0 saturated heterocycles. The highest BCUT2D eigenvalue weighted by atomic mass is 16.6. The van der Waals surface area contributed by atoms with E-state index in [4.69, 9.17) is 14.9 Å². The Balaban J connectivity index is 0.000000277. The lowest BCUT2D eigenvalue weighted by Gasteiger charge is -2.09. The molecule has 0 radical (unpaired) electrons. The fraction of sp³-hybridized carbons (Fsp3) is 0.235. The van der Waals surface area contributed by atoms with Gasteiger partial charge in [0.1, 0.15) is 0 Å². The molecule has 2 aromatic carbocycles. The summed E-state index contributed by atoms with van der Waals surface area (Å²) in [5.74, 6) is -1.46. The number of carboxylic acids is 1. The summed E-state index contributed by atoms with van der Waals surface area (Å²) in [6.07, 6.45) is -0.0785. The van der Waals surface area contributed by atoms with Gasteiger partial charge in [0.05, 0.1) is 40.8 Å². The van der Waals surface area contributed by atoms with Crippen molar-refractivity contribution in [2.75, 3.05) is 6.61 Å². The number of aliphatic hydroxyl groups is 1. The first-order valence-corrected chi connectivity index (χ1v) is 7.68. The topological polar surface area (TPSA) is 153 Å². The van der Waals surface area contributed by atoms with Crippen LogP contribution in [0.3, 0.4) is 0 Å². The predicted molar refractivity (Wildman–Crippen MR) is 94.5 cm³/mol. The first-order chi connectivity index (χ1) is 12.7. The van der Waals surface area contributed by atoms with Crippen molar-refractivity contribution >= 4 is 17.3 Å². The van der Waals surface area contributed by atoms with Crippen LogP contribution >= 0.6 is 0 Å². The Morgan fingerprint density at radius 3 is 2.00 bits per heavy atom. The van der Waals surface area contributed by atoms with Crippen molar-refractivity contribution in [3.05, 3.63) is 79.9 Å². The number of aromatic carboxylic acids is 1. The van der Waals surface area contributed by atoms with E-state index in [1.165, 1.54) is 0 Å². The van der Waals surface area contributed by atoms with E-state index in [2.05, 4.69) is 0 Å². The number of nitrogens with zero attached hydrogens (tertiary/aromatic N) is 2. The maximum absolute atomic E-state index is 10.5. The number of rotatable bonds is 7. The molecule has 0 bridgehead atoms. The van der Waals surface area contributed by atoms with Crippen molar-refractivity contribution in [3.63, 3.8) is 0 Å². The van der Waals surface area contributed by atoms with Crippen LogP contribution in [0.5, 0.6) is 0 Å². The van der Waals surface area contributed by atoms with E-state index in [0.29, 0.717) is 12.7 Å². The van der Waals surface area contributed by atoms with Crippen LogP contribution in [0.1, 0.15) is 22.8 Å². The van der Waals surface area contributed by atoms with Crippen molar-refractivity contribution in [3.8, 4) is 0 Å². The van der Waals surface area contributed by atoms with Crippen LogP contribution in [0, 0.1) is 20.2 Å². The molecule has 0 heterocycles. The van der Waals surface area contributed by atoms with Gasteiger partial charge < -0.3 is 14.9 Å². The Morgan fingerprint density at radius 2 is 1.59 bits per heavy atom. The summed E-state index contributed by atoms with van der Waals surface area (Å²) in [6, 6.07) is 12.1. The van der Waals surface area contributed by atoms with Crippen molar-refractivity contribution in [1.29, 1.82) is 0 Å². The Labute approximate surface area is 153 Å². The molecule has 2 aromatic rings. The third kappa shape index (κ3) is 7.59. The first-order valence-electron chi connectivity index (χ1n) is 7.68. The summed E-state index contributed by atoms with van der Waals surface area (Å²) >= 11 is 0. The van der Waals surface area contributed by atoms with Gasteiger partial charge in [-0.05, 0) is 12.5 Å². The summed E-state index contributed by atoms with van der Waals surface area (Å²) in [7, 11) is 0. The van der Waals surface area contributed by atoms with E-state index in [9.17, 15) is 25.0 Å². The van der Waals surface area contributed by atoms with E-state index in [-0.39, 0.29) is 12.7 Å². The van der Waals surface area contributed by atoms with E-state index in [1.807, 2.05) is 37.3 Å². The van der Waals surface area contributed by atoms with Crippen LogP contribution < -0.4 is 0 Å². The van der Waals surface area contributed by atoms with E-state index < -0.39 is 32.8 Å². The standard InChI is InChI=1S/C10H14O2.C7H4N2O6/c1-9(7-11)12-8-10-5-3-2-4-6-10;10-7(11)4-1-5(8(12)13)3-6(2-4)9(14)15/h2-6,9,11H,7-8H2,1H3;1-3H,(H,10,11)/t9-;/m1./s1. The van der Waals surface area contributed by atoms with Gasteiger partial charge in [0, 0.05) is 12.1 Å². The van der Waals surface area contributed by atoms with Crippen molar-refractivity contribution in [2.45, 2.75) is 19.6 Å². The Bertz CT molecular complexity index is 716. The molecule has 27 heavy (non-hydrogen) atoms. The third-order valence-electron chi connectivity index (χ3n) is 3.21. The highest BCUT2D eigenvalue weighted by molar-refractivity contribution is 5.89. The molecule has 2 N–H and O–H groups in total. The number of hydrogen-bond donors (Lipinski definition) is 2. The van der Waals surface area contributed by atoms with Gasteiger partial charge in [-0.1, -0.05) is 30.3 Å². The molecular weight excluding hydrogens is 360 g/mol. The molecule has 0 aliphatic rings. The molecule has 0 aliphatic carbocycles. The maximum Gasteiger partial charge on any atom is 0.336 e. The van der Waals surface area contributed by atoms with Crippen LogP contribution in [-0.4, -0.2) is 38.7 Å². The van der Waals surface area contributed by atoms with Gasteiger partial charge in [-0.2, -0.15) is 0 Å². The summed E-state index contributed by atoms with van der Waals surface area (Å²) < 4.78 is 5.33. The minimum absolute atomic E-state index is 0.0762. The lowest BCUT2D eigenvalue weighted by Crippen LogP contribution is -2.12. The van der Waals surface area contributed by atoms with Crippen molar-refractivity contribution in [2.24, 2.45) is 0 Å². The van der Waals surface area contributed by atoms with Gasteiger partial charge in [0.2, 0.25) is 0 Å². The summed E-state index contributed by atoms with van der Waals surface area (Å²) in [6.45, 7) is 2.50. The molecule has 0 amide bonds. The second-order valence-corrected chi connectivity index (χ2v) is 5.35. The number of nitro benzene ring substituents is 2. The van der Waals surface area contributed by atoms with E-state index >= 15 is 0 Å². The number of hydrogen-bond acceptors (Lipinski definition) is 7. The Kier molecular flexibility index (Phi) is 8.49. The van der Waals surface area contributed by atoms with Crippen LogP contribution in [0.15, 0.2) is 48.5 Å². The molecule has 2 rings (SSSR count). The molecule has 1 atom stereocenters. The second kappa shape index (κ2) is 10.6. The highest BCUT2D eigenvalue weighted by Crippen LogP contribution is 2.22. The first kappa shape index (κ1) is 21.7. The van der Waals surface area contributed by atoms with Gasteiger partial charge in [-0.25, -0.2) is 4.79 Å². The predicted octanol–water partition coefficient (Wildman–Crippen LogP) is 2.79. The summed E-state index contributed by atoms with van der Waals surface area (Å²) in [5, 5.41) is 37.9. The number of carboxylic acid groups (broad SMARTS) is 1. The number of nitro groups is 2. The largest absolute Gasteiger partial charge is 0.478 e. The lowest BCUT2D eigenvalue weighted by molar-refractivity contribution is -0.394. The van der Waals surface area contributed by atoms with Gasteiger partial charge in [0.25, 0.3) is 11.4 Å². The molecule has 0 saturated carbocycles. The number of benzene rings is 2. The smallest absolute Gasteiger partial charge is 0.336 e. The highest BCUT2D eigenvalue weighted by Gasteiger charge is 2.19. The quantitative estimate of drug-likeness (QED) is 0.551. The SMILES string of the molecule is C[C@H](CO)OCc1ccccc1.O=C(O)c1cc([N+](=O)[O-])cc([N+](=O)[O-])c1. The molecule has 10 heteroatoms. The average molecular weight is 378 g/mol. The fourth-order valence-electron chi connectivity index (χ4n) is 1.79. The monoisotopic (exact) mass is 378 g/mol. The molecule has 0 fully saturated rings. The minimum Gasteiger partial charge on any atom is -0.478 e. The molecule has 144 valence electrons. The van der Waals surface area contributed by atoms with Crippen LogP contribution in [-0.2, 0) is 11.3 Å². The van der Waals surface area contributed by atoms with Gasteiger partial charge in [-0.3, -0.25) is 20.2 Å². The molecule has 0 aromatic heterocycles. The molecular formula is C17H18N2O8. The summed E-state index contributed by atoms with van der Waals surface area (Å²) in [4.78, 5) is 29.4. The normalized spacial score (nSPS) is 11.0. The molecule has 0 unspecified atom stereocenters. The van der Waals surface area contributed by atoms with E-state index in [0.717, 1.165) is 17.7 Å². The lowest BCUT2D eigenvalue weighted by atomic mass is 10.2. The number of ether oxygens (including phenoxy) is 1. The minimum atomic E-state index is -1.46. The van der Waals surface area contributed by atoms with Crippen LogP contribution in [0.4, 0.5) is 11.4 Å². The zero-order chi connectivity index (χ0) is 20.4. The maximum atomic E-state index is 10.5. The molecule has 0 spiro atoms. The van der Waals surface area contributed by atoms with Crippen molar-refractivity contribution in [1.82, 2.24) is 0 Å². The second-order valence-electron chi connectivity index (χ2n) is 5.35. The van der Waals surface area contributed by atoms with Crippen LogP contribution in [0.25, 0.3) is 0 Å². The molecule has 10 nitrogen and oxygen atoms in total. The van der Waals surface area contributed by atoms with Gasteiger partial charge in [0.15, 0.2) is 0 Å². The van der Waals surface area contributed by atoms with Gasteiger partial charge in [-0.15, -0.1) is 0 Å².